The Labute approximate surface area is 258 Å². The van der Waals surface area contributed by atoms with Crippen LogP contribution in [-0.4, -0.2) is 50.5 Å². The molecule has 1 saturated heterocycles. The van der Waals surface area contributed by atoms with Crippen molar-refractivity contribution >= 4 is 20.1 Å². The van der Waals surface area contributed by atoms with E-state index >= 15 is 0 Å². The van der Waals surface area contributed by atoms with Crippen molar-refractivity contribution in [1.29, 1.82) is 0 Å². The van der Waals surface area contributed by atoms with Crippen LogP contribution in [0, 0.1) is 0 Å². The van der Waals surface area contributed by atoms with E-state index in [9.17, 15) is 0 Å². The highest BCUT2D eigenvalue weighted by Gasteiger charge is 2.49. The van der Waals surface area contributed by atoms with Gasteiger partial charge in [0.05, 0.1) is 26.4 Å². The molecule has 0 bridgehead atoms. The van der Waals surface area contributed by atoms with Gasteiger partial charge in [0.15, 0.2) is 8.32 Å². The molecule has 1 heterocycles. The number of benzene rings is 3. The molecular formula is C35H48O5SSi. The molecule has 0 amide bonds. The van der Waals surface area contributed by atoms with Crippen LogP contribution in [0.1, 0.15) is 44.4 Å². The summed E-state index contributed by atoms with van der Waals surface area (Å²) >= 11 is 1.75. The normalized spacial score (nSPS) is 23.1. The molecule has 4 rings (SSSR count). The Bertz CT molecular complexity index is 1170. The van der Waals surface area contributed by atoms with Crippen LogP contribution in [0.5, 0.6) is 0 Å². The largest absolute Gasteiger partial charge is 0.414 e. The molecule has 0 unspecified atom stereocenters. The first kappa shape index (κ1) is 32.9. The Kier molecular flexibility index (Phi) is 12.3. The van der Waals surface area contributed by atoms with E-state index in [-0.39, 0.29) is 34.9 Å². The van der Waals surface area contributed by atoms with Crippen molar-refractivity contribution in [3.05, 3.63) is 108 Å². The van der Waals surface area contributed by atoms with E-state index in [0.29, 0.717) is 26.4 Å². The third kappa shape index (κ3) is 9.26. The first-order valence-electron chi connectivity index (χ1n) is 15.1. The summed E-state index contributed by atoms with van der Waals surface area (Å²) in [5.41, 5.74) is 3.12. The number of thioether (sulfide) groups is 1. The maximum atomic E-state index is 6.85. The van der Waals surface area contributed by atoms with Crippen LogP contribution in [0.4, 0.5) is 0 Å². The molecule has 5 atom stereocenters. The summed E-state index contributed by atoms with van der Waals surface area (Å²) in [5.74, 6) is 0.895. The minimum atomic E-state index is -2.03. The van der Waals surface area contributed by atoms with Crippen LogP contribution in [-0.2, 0) is 43.2 Å². The van der Waals surface area contributed by atoms with Gasteiger partial charge in [0.2, 0.25) is 0 Å². The third-order valence-corrected chi connectivity index (χ3v) is 13.7. The quantitative estimate of drug-likeness (QED) is 0.172. The molecule has 0 radical (unpaired) electrons. The van der Waals surface area contributed by atoms with E-state index < -0.39 is 8.32 Å². The van der Waals surface area contributed by atoms with Crippen LogP contribution in [0.2, 0.25) is 18.1 Å². The first-order chi connectivity index (χ1) is 20.2. The molecule has 0 aromatic heterocycles. The number of ether oxygens (including phenoxy) is 4. The van der Waals surface area contributed by atoms with E-state index in [4.69, 9.17) is 23.4 Å². The summed E-state index contributed by atoms with van der Waals surface area (Å²) in [6.45, 7) is 15.3. The van der Waals surface area contributed by atoms with Gasteiger partial charge in [-0.3, -0.25) is 0 Å². The number of rotatable bonds is 14. The molecule has 228 valence electrons. The van der Waals surface area contributed by atoms with Crippen molar-refractivity contribution in [2.75, 3.05) is 12.4 Å². The fourth-order valence-electron chi connectivity index (χ4n) is 4.69. The Morgan fingerprint density at radius 1 is 0.667 bits per heavy atom. The second kappa shape index (κ2) is 15.7. The van der Waals surface area contributed by atoms with Gasteiger partial charge in [-0.15, -0.1) is 11.8 Å². The Balaban J connectivity index is 1.65. The molecule has 42 heavy (non-hydrogen) atoms. The zero-order valence-corrected chi connectivity index (χ0v) is 27.8. The van der Waals surface area contributed by atoms with Gasteiger partial charge in [-0.1, -0.05) is 119 Å². The Morgan fingerprint density at radius 3 is 1.52 bits per heavy atom. The van der Waals surface area contributed by atoms with E-state index in [1.165, 1.54) is 0 Å². The highest BCUT2D eigenvalue weighted by molar-refractivity contribution is 7.99. The van der Waals surface area contributed by atoms with Crippen LogP contribution in [0.3, 0.4) is 0 Å². The van der Waals surface area contributed by atoms with Gasteiger partial charge in [0, 0.05) is 0 Å². The lowest BCUT2D eigenvalue weighted by atomic mass is 9.99. The molecule has 1 fully saturated rings. The second-order valence-corrected chi connectivity index (χ2v) is 18.5. The lowest BCUT2D eigenvalue weighted by molar-refractivity contribution is -0.251. The van der Waals surface area contributed by atoms with Crippen molar-refractivity contribution in [1.82, 2.24) is 0 Å². The highest BCUT2D eigenvalue weighted by atomic mass is 32.2. The minimum Gasteiger partial charge on any atom is -0.414 e. The highest BCUT2D eigenvalue weighted by Crippen LogP contribution is 2.39. The van der Waals surface area contributed by atoms with Crippen LogP contribution in [0.15, 0.2) is 91.0 Å². The average molecular weight is 609 g/mol. The van der Waals surface area contributed by atoms with Gasteiger partial charge in [0.1, 0.15) is 29.9 Å². The summed E-state index contributed by atoms with van der Waals surface area (Å²) in [7, 11) is -2.03. The maximum absolute atomic E-state index is 6.85. The van der Waals surface area contributed by atoms with Gasteiger partial charge in [-0.25, -0.2) is 0 Å². The van der Waals surface area contributed by atoms with Crippen LogP contribution >= 0.6 is 11.8 Å². The summed E-state index contributed by atoms with van der Waals surface area (Å²) in [5, 5.41) is 0.0875. The Morgan fingerprint density at radius 2 is 1.10 bits per heavy atom. The number of hydrogen-bond donors (Lipinski definition) is 0. The lowest BCUT2D eigenvalue weighted by Crippen LogP contribution is -2.61. The van der Waals surface area contributed by atoms with Crippen molar-refractivity contribution in [3.63, 3.8) is 0 Å². The third-order valence-electron chi connectivity index (χ3n) is 8.19. The topological polar surface area (TPSA) is 46.2 Å². The zero-order valence-electron chi connectivity index (χ0n) is 26.0. The van der Waals surface area contributed by atoms with Crippen molar-refractivity contribution in [3.8, 4) is 0 Å². The molecule has 1 aliphatic heterocycles. The SMILES string of the molecule is CCS[C@H]1O[C@H](CO[Si](C)(C)C(C)(C)C)[C@@H](OCc2ccccc2)[C@H](OCc2ccccc2)[C@@H]1OCc1ccccc1. The molecule has 1 aliphatic rings. The fraction of sp³-hybridized carbons (Fsp3) is 0.486. The lowest BCUT2D eigenvalue weighted by Gasteiger charge is -2.47. The molecule has 0 aliphatic carbocycles. The predicted octanol–water partition coefficient (Wildman–Crippen LogP) is 8.24. The van der Waals surface area contributed by atoms with Gasteiger partial charge < -0.3 is 23.4 Å². The van der Waals surface area contributed by atoms with E-state index in [1.54, 1.807) is 11.8 Å². The van der Waals surface area contributed by atoms with E-state index in [2.05, 4.69) is 77.2 Å². The molecule has 0 saturated carbocycles. The Hall–Kier alpha value is -1.97. The second-order valence-electron chi connectivity index (χ2n) is 12.4. The van der Waals surface area contributed by atoms with E-state index in [1.807, 2.05) is 54.6 Å². The number of hydrogen-bond acceptors (Lipinski definition) is 6. The summed E-state index contributed by atoms with van der Waals surface area (Å²) in [4.78, 5) is 0. The summed E-state index contributed by atoms with van der Waals surface area (Å²) in [6.07, 6.45) is -1.37. The van der Waals surface area contributed by atoms with Crippen molar-refractivity contribution < 1.29 is 23.4 Å². The van der Waals surface area contributed by atoms with Gasteiger partial charge in [-0.05, 0) is 40.6 Å². The minimum absolute atomic E-state index is 0.0875. The molecule has 5 nitrogen and oxygen atoms in total. The molecule has 3 aromatic carbocycles. The summed E-state index contributed by atoms with van der Waals surface area (Å²) in [6, 6.07) is 30.8. The van der Waals surface area contributed by atoms with Gasteiger partial charge in [0.25, 0.3) is 0 Å². The zero-order chi connectivity index (χ0) is 30.0. The van der Waals surface area contributed by atoms with Crippen LogP contribution < -0.4 is 0 Å². The first-order valence-corrected chi connectivity index (χ1v) is 19.0. The van der Waals surface area contributed by atoms with Crippen LogP contribution in [0.25, 0.3) is 0 Å². The summed E-state index contributed by atoms with van der Waals surface area (Å²) < 4.78 is 33.8. The molecular weight excluding hydrogens is 561 g/mol. The average Bonchev–Trinajstić information content (AvgIpc) is 2.99. The fourth-order valence-corrected chi connectivity index (χ4v) is 6.67. The van der Waals surface area contributed by atoms with Gasteiger partial charge >= 0.3 is 0 Å². The maximum Gasteiger partial charge on any atom is 0.192 e. The predicted molar refractivity (Wildman–Crippen MR) is 175 cm³/mol. The smallest absolute Gasteiger partial charge is 0.192 e. The molecule has 7 heteroatoms. The van der Waals surface area contributed by atoms with E-state index in [0.717, 1.165) is 22.4 Å². The standard InChI is InChI=1S/C35H48O5SSi/c1-7-41-34-33(38-25-29-21-15-10-16-22-29)32(37-24-28-19-13-9-14-20-28)31(36-23-27-17-11-8-12-18-27)30(40-34)26-39-42(5,6)35(2,3)4/h8-22,30-34H,7,23-26H2,1-6H3/t30-,31-,32+,33+,34-/m1/s1. The molecule has 0 N–H and O–H groups in total. The monoisotopic (exact) mass is 608 g/mol. The van der Waals surface area contributed by atoms with Crippen molar-refractivity contribution in [2.45, 2.75) is 95.5 Å². The molecule has 3 aromatic rings. The van der Waals surface area contributed by atoms with Gasteiger partial charge in [-0.2, -0.15) is 0 Å². The van der Waals surface area contributed by atoms with Crippen molar-refractivity contribution in [2.24, 2.45) is 0 Å². The molecule has 0 spiro atoms.